The molecule has 0 saturated carbocycles. The number of carboxylic acids is 1. The third kappa shape index (κ3) is 4.55. The van der Waals surface area contributed by atoms with Gasteiger partial charge in [-0.15, -0.1) is 0 Å². The van der Waals surface area contributed by atoms with E-state index in [1.165, 1.54) is 6.07 Å². The Labute approximate surface area is 120 Å². The molecule has 0 fully saturated rings. The fourth-order valence-electron chi connectivity index (χ4n) is 1.62. The van der Waals surface area contributed by atoms with Gasteiger partial charge in [0.2, 0.25) is 0 Å². The highest BCUT2D eigenvalue weighted by Crippen LogP contribution is 2.19. The number of anilines is 1. The van der Waals surface area contributed by atoms with Crippen LogP contribution in [0.4, 0.5) is 5.69 Å². The zero-order chi connectivity index (χ0) is 14.4. The number of carbonyl (C=O) groups is 2. The lowest BCUT2D eigenvalue weighted by atomic mass is 10.1. The highest BCUT2D eigenvalue weighted by Gasteiger charge is 2.21. The Morgan fingerprint density at radius 3 is 2.74 bits per heavy atom. The highest BCUT2D eigenvalue weighted by molar-refractivity contribution is 9.10. The first kappa shape index (κ1) is 15.5. The molecule has 1 aromatic carbocycles. The number of hydrogen-bond acceptors (Lipinski definition) is 3. The first-order valence-electron chi connectivity index (χ1n) is 6.04. The molecule has 0 aromatic heterocycles. The molecule has 1 rings (SSSR count). The lowest BCUT2D eigenvalue weighted by Gasteiger charge is -2.15. The van der Waals surface area contributed by atoms with Gasteiger partial charge in [-0.2, -0.15) is 0 Å². The molecule has 0 aliphatic carbocycles. The number of nitrogen functional groups attached to an aromatic ring is 1. The van der Waals surface area contributed by atoms with E-state index in [-0.39, 0.29) is 0 Å². The number of aliphatic carboxylic acids is 1. The van der Waals surface area contributed by atoms with Crippen molar-refractivity contribution in [3.63, 3.8) is 0 Å². The minimum absolute atomic E-state index is 0.336. The van der Waals surface area contributed by atoms with E-state index in [1.54, 1.807) is 12.1 Å². The van der Waals surface area contributed by atoms with Crippen molar-refractivity contribution in [1.82, 2.24) is 5.32 Å². The van der Waals surface area contributed by atoms with Crippen LogP contribution in [-0.2, 0) is 4.79 Å². The number of rotatable bonds is 6. The van der Waals surface area contributed by atoms with Gasteiger partial charge in [-0.1, -0.05) is 19.8 Å². The molecule has 1 aromatic rings. The molecule has 19 heavy (non-hydrogen) atoms. The Morgan fingerprint density at radius 1 is 1.47 bits per heavy atom. The van der Waals surface area contributed by atoms with Crippen molar-refractivity contribution in [2.75, 3.05) is 5.73 Å². The summed E-state index contributed by atoms with van der Waals surface area (Å²) in [4.78, 5) is 23.1. The zero-order valence-corrected chi connectivity index (χ0v) is 12.2. The molecule has 1 atom stereocenters. The van der Waals surface area contributed by atoms with Crippen LogP contribution in [0, 0.1) is 0 Å². The molecule has 0 aliphatic rings. The standard InChI is InChI=1S/C13H17BrN2O3/c1-2-3-4-11(13(18)19)16-12(17)9-7-8(15)5-6-10(9)14/h5-7,11H,2-4,15H2,1H3,(H,16,17)(H,18,19). The summed E-state index contributed by atoms with van der Waals surface area (Å²) in [6.07, 6.45) is 2.04. The molecular formula is C13H17BrN2O3. The summed E-state index contributed by atoms with van der Waals surface area (Å²) < 4.78 is 0.582. The molecule has 4 N–H and O–H groups in total. The number of nitrogens with one attached hydrogen (secondary N) is 1. The number of carboxylic acid groups (broad SMARTS) is 1. The van der Waals surface area contributed by atoms with E-state index < -0.39 is 17.9 Å². The van der Waals surface area contributed by atoms with Gasteiger partial charge in [0.25, 0.3) is 5.91 Å². The molecule has 1 unspecified atom stereocenters. The maximum atomic E-state index is 12.0. The molecule has 104 valence electrons. The average molecular weight is 329 g/mol. The van der Waals surface area contributed by atoms with Gasteiger partial charge in [0, 0.05) is 10.2 Å². The summed E-state index contributed by atoms with van der Waals surface area (Å²) in [6.45, 7) is 1.97. The molecule has 0 spiro atoms. The third-order valence-electron chi connectivity index (χ3n) is 2.68. The number of hydrogen-bond donors (Lipinski definition) is 3. The van der Waals surface area contributed by atoms with Crippen molar-refractivity contribution < 1.29 is 14.7 Å². The summed E-state index contributed by atoms with van der Waals surface area (Å²) in [6, 6.07) is 3.96. The first-order valence-corrected chi connectivity index (χ1v) is 6.83. The normalized spacial score (nSPS) is 11.9. The van der Waals surface area contributed by atoms with Crippen molar-refractivity contribution in [2.45, 2.75) is 32.2 Å². The highest BCUT2D eigenvalue weighted by atomic mass is 79.9. The van der Waals surface area contributed by atoms with Crippen LogP contribution in [0.25, 0.3) is 0 Å². The van der Waals surface area contributed by atoms with E-state index in [2.05, 4.69) is 21.2 Å². The number of unbranched alkanes of at least 4 members (excludes halogenated alkanes) is 1. The van der Waals surface area contributed by atoms with E-state index in [1.807, 2.05) is 6.92 Å². The van der Waals surface area contributed by atoms with Gasteiger partial charge in [-0.3, -0.25) is 4.79 Å². The Hall–Kier alpha value is -1.56. The maximum Gasteiger partial charge on any atom is 0.326 e. The number of amides is 1. The Bertz CT molecular complexity index is 477. The third-order valence-corrected chi connectivity index (χ3v) is 3.38. The Balaban J connectivity index is 2.81. The summed E-state index contributed by atoms with van der Waals surface area (Å²) in [5.41, 5.74) is 6.41. The molecule has 0 bridgehead atoms. The van der Waals surface area contributed by atoms with Gasteiger partial charge in [0.1, 0.15) is 6.04 Å². The number of halogens is 1. The quantitative estimate of drug-likeness (QED) is 0.699. The van der Waals surface area contributed by atoms with E-state index in [0.29, 0.717) is 22.1 Å². The minimum atomic E-state index is -1.03. The fraction of sp³-hybridized carbons (Fsp3) is 0.385. The largest absolute Gasteiger partial charge is 0.480 e. The minimum Gasteiger partial charge on any atom is -0.480 e. The Kier molecular flexibility index (Phi) is 5.82. The molecule has 0 radical (unpaired) electrons. The Morgan fingerprint density at radius 2 is 2.16 bits per heavy atom. The van der Waals surface area contributed by atoms with Crippen molar-refractivity contribution in [3.05, 3.63) is 28.2 Å². The average Bonchev–Trinajstić information content (AvgIpc) is 2.36. The fourth-order valence-corrected chi connectivity index (χ4v) is 2.05. The van der Waals surface area contributed by atoms with Gasteiger partial charge in [-0.25, -0.2) is 4.79 Å². The predicted molar refractivity (Wildman–Crippen MR) is 77.0 cm³/mol. The SMILES string of the molecule is CCCCC(NC(=O)c1cc(N)ccc1Br)C(=O)O. The first-order chi connectivity index (χ1) is 8.95. The van der Waals surface area contributed by atoms with E-state index in [0.717, 1.165) is 12.8 Å². The van der Waals surface area contributed by atoms with Crippen molar-refractivity contribution in [2.24, 2.45) is 0 Å². The van der Waals surface area contributed by atoms with Crippen LogP contribution in [-0.4, -0.2) is 23.0 Å². The van der Waals surface area contributed by atoms with Crippen molar-refractivity contribution in [1.29, 1.82) is 0 Å². The molecular weight excluding hydrogens is 312 g/mol. The molecule has 5 nitrogen and oxygen atoms in total. The van der Waals surface area contributed by atoms with Crippen molar-refractivity contribution in [3.8, 4) is 0 Å². The van der Waals surface area contributed by atoms with Gasteiger partial charge < -0.3 is 16.2 Å². The van der Waals surface area contributed by atoms with Crippen LogP contribution < -0.4 is 11.1 Å². The zero-order valence-electron chi connectivity index (χ0n) is 10.6. The molecule has 0 saturated heterocycles. The molecule has 6 heteroatoms. The maximum absolute atomic E-state index is 12.0. The van der Waals surface area contributed by atoms with Gasteiger partial charge >= 0.3 is 5.97 Å². The van der Waals surface area contributed by atoms with E-state index >= 15 is 0 Å². The predicted octanol–water partition coefficient (Wildman–Crippen LogP) is 2.40. The molecule has 0 heterocycles. The summed E-state index contributed by atoms with van der Waals surface area (Å²) in [7, 11) is 0. The number of benzene rings is 1. The molecule has 1 amide bonds. The lowest BCUT2D eigenvalue weighted by Crippen LogP contribution is -2.40. The summed E-state index contributed by atoms with van der Waals surface area (Å²) in [5.74, 6) is -1.47. The smallest absolute Gasteiger partial charge is 0.326 e. The lowest BCUT2D eigenvalue weighted by molar-refractivity contribution is -0.139. The van der Waals surface area contributed by atoms with Crippen LogP contribution >= 0.6 is 15.9 Å². The second-order valence-electron chi connectivity index (χ2n) is 4.25. The van der Waals surface area contributed by atoms with Crippen LogP contribution in [0.2, 0.25) is 0 Å². The van der Waals surface area contributed by atoms with Crippen LogP contribution in [0.3, 0.4) is 0 Å². The molecule has 0 aliphatic heterocycles. The van der Waals surface area contributed by atoms with Crippen LogP contribution in [0.15, 0.2) is 22.7 Å². The van der Waals surface area contributed by atoms with Crippen molar-refractivity contribution >= 4 is 33.5 Å². The van der Waals surface area contributed by atoms with Gasteiger partial charge in [0.15, 0.2) is 0 Å². The van der Waals surface area contributed by atoms with Gasteiger partial charge in [0.05, 0.1) is 5.56 Å². The topological polar surface area (TPSA) is 92.4 Å². The monoisotopic (exact) mass is 328 g/mol. The van der Waals surface area contributed by atoms with E-state index in [4.69, 9.17) is 10.8 Å². The van der Waals surface area contributed by atoms with E-state index in [9.17, 15) is 9.59 Å². The number of carbonyl (C=O) groups excluding carboxylic acids is 1. The number of nitrogens with two attached hydrogens (primary N) is 1. The van der Waals surface area contributed by atoms with Crippen LogP contribution in [0.5, 0.6) is 0 Å². The second-order valence-corrected chi connectivity index (χ2v) is 5.10. The van der Waals surface area contributed by atoms with Crippen LogP contribution in [0.1, 0.15) is 36.5 Å². The second kappa shape index (κ2) is 7.13. The summed E-state index contributed by atoms with van der Waals surface area (Å²) >= 11 is 3.25. The summed E-state index contributed by atoms with van der Waals surface area (Å²) in [5, 5.41) is 11.6. The van der Waals surface area contributed by atoms with Gasteiger partial charge in [-0.05, 0) is 40.5 Å².